The molecule has 0 radical (unpaired) electrons. The molecule has 2 amide bonds. The summed E-state index contributed by atoms with van der Waals surface area (Å²) in [5.41, 5.74) is 2.60. The van der Waals surface area contributed by atoms with Crippen LogP contribution in [0.3, 0.4) is 0 Å². The van der Waals surface area contributed by atoms with E-state index in [0.717, 1.165) is 11.1 Å². The first-order valence-corrected chi connectivity index (χ1v) is 8.91. The second-order valence-electron chi connectivity index (χ2n) is 6.44. The molecule has 3 N–H and O–H groups in total. The molecular formula is C21H21N3O4. The molecule has 0 saturated heterocycles. The molecule has 7 nitrogen and oxygen atoms in total. The number of nitrogens with one attached hydrogen (secondary N) is 3. The quantitative estimate of drug-likeness (QED) is 0.587. The first-order chi connectivity index (χ1) is 13.5. The van der Waals surface area contributed by atoms with Crippen LogP contribution in [0.4, 0.5) is 5.69 Å². The van der Waals surface area contributed by atoms with Crippen molar-refractivity contribution < 1.29 is 14.1 Å². The minimum Gasteiger partial charge on any atom is -0.384 e. The predicted octanol–water partition coefficient (Wildman–Crippen LogP) is 2.78. The van der Waals surface area contributed by atoms with Gasteiger partial charge in [0.15, 0.2) is 0 Å². The monoisotopic (exact) mass is 379 g/mol. The molecule has 0 bridgehead atoms. The van der Waals surface area contributed by atoms with Crippen molar-refractivity contribution in [2.75, 3.05) is 5.32 Å². The summed E-state index contributed by atoms with van der Waals surface area (Å²) in [5.74, 6) is -0.138. The highest BCUT2D eigenvalue weighted by Gasteiger charge is 2.13. The van der Waals surface area contributed by atoms with Crippen LogP contribution in [0.15, 0.2) is 63.9 Å². The molecular weight excluding hydrogens is 358 g/mol. The van der Waals surface area contributed by atoms with Gasteiger partial charge in [-0.1, -0.05) is 42.0 Å². The van der Waals surface area contributed by atoms with Crippen molar-refractivity contribution >= 4 is 17.5 Å². The van der Waals surface area contributed by atoms with Crippen molar-refractivity contribution in [3.05, 3.63) is 87.4 Å². The highest BCUT2D eigenvalue weighted by Crippen LogP contribution is 2.16. The first-order valence-electron chi connectivity index (χ1n) is 8.91. The van der Waals surface area contributed by atoms with Gasteiger partial charge in [0.05, 0.1) is 11.3 Å². The maximum absolute atomic E-state index is 12.6. The summed E-state index contributed by atoms with van der Waals surface area (Å²) in [7, 11) is 0. The molecule has 1 aromatic heterocycles. The van der Waals surface area contributed by atoms with Gasteiger partial charge >= 0.3 is 0 Å². The molecule has 0 aliphatic carbocycles. The Morgan fingerprint density at radius 3 is 2.64 bits per heavy atom. The lowest BCUT2D eigenvalue weighted by atomic mass is 10.1. The van der Waals surface area contributed by atoms with Crippen molar-refractivity contribution in [3.8, 4) is 0 Å². The topological polar surface area (TPSA) is 104 Å². The molecule has 144 valence electrons. The van der Waals surface area contributed by atoms with Crippen LogP contribution in [-0.4, -0.2) is 17.0 Å². The number of hydrogen-bond acceptors (Lipinski definition) is 4. The largest absolute Gasteiger partial charge is 0.384 e. The van der Waals surface area contributed by atoms with Crippen LogP contribution in [0.25, 0.3) is 0 Å². The number of benzene rings is 2. The molecule has 28 heavy (non-hydrogen) atoms. The number of H-pyrrole nitrogens is 1. The van der Waals surface area contributed by atoms with E-state index in [-0.39, 0.29) is 30.2 Å². The highest BCUT2D eigenvalue weighted by molar-refractivity contribution is 6.03. The van der Waals surface area contributed by atoms with Crippen LogP contribution >= 0.6 is 0 Å². The number of rotatable bonds is 7. The second kappa shape index (κ2) is 8.85. The number of aryl methyl sites for hydroxylation is 2. The smallest absolute Gasteiger partial charge is 0.280 e. The standard InChI is InChI=1S/C21H21N3O4/c1-14-5-4-6-15(11-14)13-22-21(27)17-7-2-3-8-18(17)23-19(25)10-9-16-12-20(26)24-28-16/h2-8,11-12H,9-10,13H2,1H3,(H,22,27)(H,23,25)(H,24,26). The van der Waals surface area contributed by atoms with Crippen molar-refractivity contribution in [1.29, 1.82) is 0 Å². The van der Waals surface area contributed by atoms with Crippen molar-refractivity contribution in [3.63, 3.8) is 0 Å². The van der Waals surface area contributed by atoms with Crippen LogP contribution < -0.4 is 16.2 Å². The number of aromatic amines is 1. The zero-order valence-electron chi connectivity index (χ0n) is 15.5. The zero-order valence-corrected chi connectivity index (χ0v) is 15.5. The average Bonchev–Trinajstić information content (AvgIpc) is 3.10. The molecule has 0 atom stereocenters. The molecule has 0 unspecified atom stereocenters. The minimum atomic E-state index is -0.342. The van der Waals surface area contributed by atoms with Gasteiger partial charge in [0, 0.05) is 25.5 Å². The van der Waals surface area contributed by atoms with Gasteiger partial charge in [-0.3, -0.25) is 14.4 Å². The van der Waals surface area contributed by atoms with Crippen LogP contribution in [-0.2, 0) is 17.8 Å². The summed E-state index contributed by atoms with van der Waals surface area (Å²) >= 11 is 0. The molecule has 3 rings (SSSR count). The Hall–Kier alpha value is -3.61. The van der Waals surface area contributed by atoms with Crippen LogP contribution in [0.2, 0.25) is 0 Å². The van der Waals surface area contributed by atoms with E-state index in [0.29, 0.717) is 23.6 Å². The summed E-state index contributed by atoms with van der Waals surface area (Å²) in [6.07, 6.45) is 0.409. The van der Waals surface area contributed by atoms with Crippen molar-refractivity contribution in [1.82, 2.24) is 10.5 Å². The van der Waals surface area contributed by atoms with Gasteiger partial charge in [-0.05, 0) is 24.6 Å². The number of amides is 2. The van der Waals surface area contributed by atoms with Crippen molar-refractivity contribution in [2.45, 2.75) is 26.3 Å². The van der Waals surface area contributed by atoms with Crippen molar-refractivity contribution in [2.24, 2.45) is 0 Å². The van der Waals surface area contributed by atoms with Gasteiger partial charge in [0.2, 0.25) is 5.91 Å². The summed E-state index contributed by atoms with van der Waals surface area (Å²) < 4.78 is 4.93. The van der Waals surface area contributed by atoms with E-state index in [4.69, 9.17) is 4.52 Å². The lowest BCUT2D eigenvalue weighted by molar-refractivity contribution is -0.116. The van der Waals surface area contributed by atoms with Crippen LogP contribution in [0, 0.1) is 6.92 Å². The summed E-state index contributed by atoms with van der Waals surface area (Å²) in [6, 6.07) is 16.0. The molecule has 0 fully saturated rings. The highest BCUT2D eigenvalue weighted by atomic mass is 16.5. The molecule has 2 aromatic carbocycles. The minimum absolute atomic E-state index is 0.125. The lowest BCUT2D eigenvalue weighted by Gasteiger charge is -2.11. The van der Waals surface area contributed by atoms with E-state index >= 15 is 0 Å². The summed E-state index contributed by atoms with van der Waals surface area (Å²) in [6.45, 7) is 2.39. The van der Waals surface area contributed by atoms with E-state index < -0.39 is 0 Å². The zero-order chi connectivity index (χ0) is 19.9. The molecule has 1 heterocycles. The van der Waals surface area contributed by atoms with E-state index in [9.17, 15) is 14.4 Å². The third-order valence-electron chi connectivity index (χ3n) is 4.15. The Labute approximate surface area is 161 Å². The predicted molar refractivity (Wildman–Crippen MR) is 105 cm³/mol. The van der Waals surface area contributed by atoms with E-state index in [1.54, 1.807) is 24.3 Å². The number of carbonyl (C=O) groups excluding carboxylic acids is 2. The Bertz CT molecular complexity index is 1040. The maximum atomic E-state index is 12.6. The van der Waals surface area contributed by atoms with Crippen LogP contribution in [0.1, 0.15) is 33.7 Å². The fraction of sp³-hybridized carbons (Fsp3) is 0.190. The molecule has 0 saturated carbocycles. The molecule has 3 aromatic rings. The molecule has 0 aliphatic heterocycles. The van der Waals surface area contributed by atoms with Gasteiger partial charge in [-0.15, -0.1) is 0 Å². The second-order valence-corrected chi connectivity index (χ2v) is 6.44. The fourth-order valence-electron chi connectivity index (χ4n) is 2.78. The van der Waals surface area contributed by atoms with Gasteiger partial charge in [-0.25, -0.2) is 0 Å². The fourth-order valence-corrected chi connectivity index (χ4v) is 2.78. The van der Waals surface area contributed by atoms with E-state index in [2.05, 4.69) is 15.8 Å². The van der Waals surface area contributed by atoms with E-state index in [1.807, 2.05) is 31.2 Å². The molecule has 7 heteroatoms. The van der Waals surface area contributed by atoms with Gasteiger partial charge in [0.1, 0.15) is 5.76 Å². The number of hydrogen-bond donors (Lipinski definition) is 3. The first kappa shape index (κ1) is 19.2. The van der Waals surface area contributed by atoms with E-state index in [1.165, 1.54) is 6.07 Å². The average molecular weight is 379 g/mol. The Balaban J connectivity index is 1.60. The number of carbonyl (C=O) groups is 2. The third-order valence-corrected chi connectivity index (χ3v) is 4.15. The third kappa shape index (κ3) is 5.20. The lowest BCUT2D eigenvalue weighted by Crippen LogP contribution is -2.25. The Kier molecular flexibility index (Phi) is 6.06. The number of para-hydroxylation sites is 1. The summed E-state index contributed by atoms with van der Waals surface area (Å²) in [5, 5.41) is 7.80. The Morgan fingerprint density at radius 2 is 1.89 bits per heavy atom. The maximum Gasteiger partial charge on any atom is 0.280 e. The number of aromatic nitrogens is 1. The van der Waals surface area contributed by atoms with Gasteiger partial charge in [0.25, 0.3) is 11.5 Å². The SMILES string of the molecule is Cc1cccc(CNC(=O)c2ccccc2NC(=O)CCc2cc(=O)[nH]o2)c1. The molecule has 0 aliphatic rings. The van der Waals surface area contributed by atoms with Gasteiger partial charge in [-0.2, -0.15) is 5.16 Å². The summed E-state index contributed by atoms with van der Waals surface area (Å²) in [4.78, 5) is 35.8. The normalized spacial score (nSPS) is 10.5. The van der Waals surface area contributed by atoms with Crippen LogP contribution in [0.5, 0.6) is 0 Å². The Morgan fingerprint density at radius 1 is 1.07 bits per heavy atom. The van der Waals surface area contributed by atoms with Gasteiger partial charge < -0.3 is 15.2 Å². The number of anilines is 1. The molecule has 0 spiro atoms.